The number of halogens is 2. The molecule has 224 valence electrons. The van der Waals surface area contributed by atoms with Gasteiger partial charge in [0.1, 0.15) is 12.4 Å². The van der Waals surface area contributed by atoms with Gasteiger partial charge in [-0.15, -0.1) is 0 Å². The zero-order valence-corrected chi connectivity index (χ0v) is 24.6. The molecule has 0 radical (unpaired) electrons. The van der Waals surface area contributed by atoms with Gasteiger partial charge < -0.3 is 25.0 Å². The molecular weight excluding hydrogens is 595 g/mol. The zero-order valence-electron chi connectivity index (χ0n) is 23.1. The molecule has 0 saturated carbocycles. The van der Waals surface area contributed by atoms with Gasteiger partial charge >= 0.3 is 6.09 Å². The van der Waals surface area contributed by atoms with Gasteiger partial charge in [-0.05, 0) is 61.2 Å². The summed E-state index contributed by atoms with van der Waals surface area (Å²) >= 11 is 12.0. The third-order valence-corrected chi connectivity index (χ3v) is 7.13. The molecule has 0 spiro atoms. The van der Waals surface area contributed by atoms with Crippen LogP contribution in [0.3, 0.4) is 0 Å². The molecule has 10 nitrogen and oxygen atoms in total. The molecule has 12 heteroatoms. The molecule has 0 fully saturated rings. The van der Waals surface area contributed by atoms with Crippen molar-refractivity contribution < 1.29 is 28.4 Å². The molecule has 1 heterocycles. The number of nitrogens with zero attached hydrogens (tertiary/aromatic N) is 2. The maximum absolute atomic E-state index is 13.2. The maximum atomic E-state index is 13.2. The molecule has 2 atom stereocenters. The van der Waals surface area contributed by atoms with E-state index in [9.17, 15) is 14.4 Å². The van der Waals surface area contributed by atoms with Crippen LogP contribution in [0.25, 0.3) is 0 Å². The summed E-state index contributed by atoms with van der Waals surface area (Å²) in [5, 5.41) is 7.16. The molecule has 0 saturated heterocycles. The second-order valence-electron chi connectivity index (χ2n) is 9.59. The van der Waals surface area contributed by atoms with Gasteiger partial charge in [0, 0.05) is 5.56 Å². The molecular formula is C31H30Cl2N4O6. The summed E-state index contributed by atoms with van der Waals surface area (Å²) in [7, 11) is 0. The van der Waals surface area contributed by atoms with Gasteiger partial charge in [-0.25, -0.2) is 4.79 Å². The number of nitrogens with two attached hydrogens (primary N) is 1. The fourth-order valence-corrected chi connectivity index (χ4v) is 4.43. The molecule has 4 aromatic rings. The van der Waals surface area contributed by atoms with Crippen molar-refractivity contribution >= 4 is 41.4 Å². The number of alkyl carbamates (subject to hydrolysis) is 1. The number of rotatable bonds is 15. The Bertz CT molecular complexity index is 1510. The monoisotopic (exact) mass is 624 g/mol. The number of carbonyl (C=O) groups excluding carboxylic acids is 3. The molecule has 3 N–H and O–H groups in total. The number of unbranched alkanes of at least 4 members (excludes halogenated alkanes) is 1. The van der Waals surface area contributed by atoms with Crippen LogP contribution in [0.1, 0.15) is 58.6 Å². The Morgan fingerprint density at radius 3 is 2.44 bits per heavy atom. The molecule has 1 aromatic heterocycles. The molecule has 4 rings (SSSR count). The summed E-state index contributed by atoms with van der Waals surface area (Å²) in [6, 6.07) is 20.1. The summed E-state index contributed by atoms with van der Waals surface area (Å²) < 4.78 is 16.4. The molecule has 0 aliphatic rings. The Hall–Kier alpha value is -4.25. The normalized spacial score (nSPS) is 12.3. The number of ketones is 1. The summed E-state index contributed by atoms with van der Waals surface area (Å²) in [6.07, 6.45) is 0.958. The number of aldehydes is 1. The van der Waals surface area contributed by atoms with E-state index in [1.807, 2.05) is 30.3 Å². The fraction of sp³-hybridized carbons (Fsp3) is 0.258. The highest BCUT2D eigenvalue weighted by Crippen LogP contribution is 2.28. The van der Waals surface area contributed by atoms with Gasteiger partial charge in [0.05, 0.1) is 22.5 Å². The highest BCUT2D eigenvalue weighted by atomic mass is 35.5. The lowest BCUT2D eigenvalue weighted by atomic mass is 10.0. The van der Waals surface area contributed by atoms with Crippen molar-refractivity contribution in [1.29, 1.82) is 0 Å². The predicted octanol–water partition coefficient (Wildman–Crippen LogP) is 5.89. The Labute approximate surface area is 258 Å². The van der Waals surface area contributed by atoms with Gasteiger partial charge in [-0.2, -0.15) is 4.98 Å². The van der Waals surface area contributed by atoms with E-state index in [1.54, 1.807) is 42.5 Å². The average Bonchev–Trinajstić information content (AvgIpc) is 3.49. The lowest BCUT2D eigenvalue weighted by Gasteiger charge is -2.16. The first kappa shape index (κ1) is 31.7. The van der Waals surface area contributed by atoms with E-state index in [0.717, 1.165) is 11.1 Å². The van der Waals surface area contributed by atoms with Crippen LogP contribution in [0.2, 0.25) is 10.0 Å². The number of carbonyl (C=O) groups is 3. The van der Waals surface area contributed by atoms with Crippen molar-refractivity contribution in [3.63, 3.8) is 0 Å². The fourth-order valence-electron chi connectivity index (χ4n) is 4.12. The topological polar surface area (TPSA) is 147 Å². The Balaban J connectivity index is 1.36. The Morgan fingerprint density at radius 1 is 0.977 bits per heavy atom. The molecule has 1 amide bonds. The Morgan fingerprint density at radius 2 is 1.74 bits per heavy atom. The van der Waals surface area contributed by atoms with Crippen molar-refractivity contribution in [3.05, 3.63) is 111 Å². The van der Waals surface area contributed by atoms with Crippen LogP contribution < -0.4 is 15.8 Å². The second kappa shape index (κ2) is 15.8. The smallest absolute Gasteiger partial charge is 0.408 e. The van der Waals surface area contributed by atoms with Crippen molar-refractivity contribution in [1.82, 2.24) is 15.5 Å². The summed E-state index contributed by atoms with van der Waals surface area (Å²) in [5.74, 6) is 0.0333. The van der Waals surface area contributed by atoms with E-state index in [2.05, 4.69) is 15.5 Å². The van der Waals surface area contributed by atoms with E-state index < -0.39 is 24.0 Å². The van der Waals surface area contributed by atoms with Crippen molar-refractivity contribution in [3.8, 4) is 5.75 Å². The van der Waals surface area contributed by atoms with Gasteiger partial charge in [-0.3, -0.25) is 9.59 Å². The van der Waals surface area contributed by atoms with Crippen LogP contribution in [0.5, 0.6) is 5.75 Å². The number of aromatic nitrogens is 2. The quantitative estimate of drug-likeness (QED) is 0.0937. The van der Waals surface area contributed by atoms with Gasteiger partial charge in [-0.1, -0.05) is 76.9 Å². The highest BCUT2D eigenvalue weighted by Gasteiger charge is 2.27. The number of hydrogen-bond acceptors (Lipinski definition) is 9. The van der Waals surface area contributed by atoms with Crippen molar-refractivity contribution in [2.24, 2.45) is 5.73 Å². The number of benzene rings is 3. The largest absolute Gasteiger partial charge is 0.478 e. The number of ether oxygens (including phenoxy) is 2. The molecule has 2 unspecified atom stereocenters. The van der Waals surface area contributed by atoms with Crippen LogP contribution in [-0.4, -0.2) is 40.9 Å². The Kier molecular flexibility index (Phi) is 11.7. The zero-order chi connectivity index (χ0) is 30.6. The maximum Gasteiger partial charge on any atom is 0.408 e. The molecule has 0 aliphatic heterocycles. The van der Waals surface area contributed by atoms with E-state index in [-0.39, 0.29) is 24.7 Å². The molecule has 0 aliphatic carbocycles. The first-order chi connectivity index (χ1) is 20.9. The number of amides is 1. The summed E-state index contributed by atoms with van der Waals surface area (Å²) in [6.45, 7) is 0.526. The van der Waals surface area contributed by atoms with E-state index in [1.165, 1.54) is 0 Å². The third-order valence-electron chi connectivity index (χ3n) is 6.39. The van der Waals surface area contributed by atoms with Crippen molar-refractivity contribution in [2.45, 2.75) is 44.4 Å². The standard InChI is InChI=1S/C31H30Cl2N4O6/c32-24-14-11-22(17-25(24)33)27(18-38)42-23-12-9-20(10-13-23)16-28-36-30(37-43-28)29(39)26(8-4-5-15-34)35-31(40)41-19-21-6-2-1-3-7-21/h1-3,6-7,9-14,17-18,26-27H,4-5,8,15-16,19,34H2,(H,35,40). The molecule has 3 aromatic carbocycles. The number of nitrogens with one attached hydrogen (secondary N) is 1. The lowest BCUT2D eigenvalue weighted by molar-refractivity contribution is -0.113. The van der Waals surface area contributed by atoms with Crippen molar-refractivity contribution in [2.75, 3.05) is 6.54 Å². The minimum atomic E-state index is -0.905. The highest BCUT2D eigenvalue weighted by molar-refractivity contribution is 6.42. The predicted molar refractivity (Wildman–Crippen MR) is 160 cm³/mol. The van der Waals surface area contributed by atoms with E-state index >= 15 is 0 Å². The lowest BCUT2D eigenvalue weighted by Crippen LogP contribution is -2.41. The number of Topliss-reactive ketones (excluding diaryl/α,β-unsaturated/α-hetero) is 1. The van der Waals surface area contributed by atoms with E-state index in [0.29, 0.717) is 53.5 Å². The van der Waals surface area contributed by atoms with Gasteiger partial charge in [0.15, 0.2) is 12.4 Å². The first-order valence-electron chi connectivity index (χ1n) is 13.6. The third kappa shape index (κ3) is 9.37. The van der Waals surface area contributed by atoms with Crippen LogP contribution in [-0.2, 0) is 22.6 Å². The average molecular weight is 626 g/mol. The minimum absolute atomic E-state index is 0.0673. The second-order valence-corrected chi connectivity index (χ2v) is 10.4. The summed E-state index contributed by atoms with van der Waals surface area (Å²) in [5.41, 5.74) is 7.79. The molecule has 0 bridgehead atoms. The van der Waals surface area contributed by atoms with Crippen LogP contribution >= 0.6 is 23.2 Å². The van der Waals surface area contributed by atoms with Crippen LogP contribution in [0, 0.1) is 0 Å². The molecule has 43 heavy (non-hydrogen) atoms. The van der Waals surface area contributed by atoms with Crippen LogP contribution in [0.4, 0.5) is 4.79 Å². The van der Waals surface area contributed by atoms with Gasteiger partial charge in [0.2, 0.25) is 17.5 Å². The number of hydrogen-bond donors (Lipinski definition) is 2. The SMILES string of the molecule is NCCCCC(NC(=O)OCc1ccccc1)C(=O)c1noc(Cc2ccc(OC(C=O)c3ccc(Cl)c(Cl)c3)cc2)n1. The summed E-state index contributed by atoms with van der Waals surface area (Å²) in [4.78, 5) is 41.6. The van der Waals surface area contributed by atoms with Gasteiger partial charge in [0.25, 0.3) is 0 Å². The minimum Gasteiger partial charge on any atom is -0.478 e. The van der Waals surface area contributed by atoms with E-state index in [4.69, 9.17) is 42.9 Å². The first-order valence-corrected chi connectivity index (χ1v) is 14.3. The van der Waals surface area contributed by atoms with Crippen LogP contribution in [0.15, 0.2) is 77.3 Å².